The first kappa shape index (κ1) is 41.0. The maximum absolute atomic E-state index is 14.4. The van der Waals surface area contributed by atoms with E-state index in [1.165, 1.54) is 29.4 Å². The number of fused-ring (bicyclic) bond motifs is 1. The molecule has 2 aromatic heterocycles. The SMILES string of the molecule is [CH-]=C/C(=C\[C-]=NC=[N-])Oc1ccc(Nc2ncnc3cc(Br)[c-]nc23)cc1F.[CH2-]CN(C(=O)OC(C)(C)C)[C@@H]([CH2-])CO.[Li+].[Li+]. The molecule has 0 fully saturated rings. The van der Waals surface area contributed by atoms with E-state index in [9.17, 15) is 9.18 Å². The second-order valence-corrected chi connectivity index (χ2v) is 10.00. The van der Waals surface area contributed by atoms with Gasteiger partial charge < -0.3 is 54.0 Å². The Balaban J connectivity index is 0.000000993. The number of benzene rings is 1. The van der Waals surface area contributed by atoms with Crippen LogP contribution in [0.15, 0.2) is 58.0 Å². The van der Waals surface area contributed by atoms with Crippen LogP contribution in [0.5, 0.6) is 5.75 Å². The second kappa shape index (κ2) is 20.1. The topological polar surface area (TPSA) is 144 Å². The largest absolute Gasteiger partial charge is 1.00 e. The minimum Gasteiger partial charge on any atom is -0.577 e. The van der Waals surface area contributed by atoms with Gasteiger partial charge in [0.25, 0.3) is 0 Å². The maximum Gasteiger partial charge on any atom is 1.00 e. The molecule has 0 aliphatic rings. The number of aliphatic hydroxyl groups excluding tert-OH is 1. The van der Waals surface area contributed by atoms with Crippen molar-refractivity contribution in [1.82, 2.24) is 19.9 Å². The van der Waals surface area contributed by atoms with Crippen LogP contribution in [0.1, 0.15) is 20.8 Å². The third-order valence-electron chi connectivity index (χ3n) is 4.83. The molecule has 0 bridgehead atoms. The zero-order valence-electron chi connectivity index (χ0n) is 25.2. The number of nitrogens with zero attached hydrogens (tertiary/aromatic N) is 6. The quantitative estimate of drug-likeness (QED) is 0.0748. The van der Waals surface area contributed by atoms with Gasteiger partial charge in [0.15, 0.2) is 5.82 Å². The number of nitrogens with one attached hydrogen (secondary N) is 1. The second-order valence-electron chi connectivity index (χ2n) is 9.14. The van der Waals surface area contributed by atoms with Crippen LogP contribution in [-0.2, 0) is 4.74 Å². The summed E-state index contributed by atoms with van der Waals surface area (Å²) in [5, 5.41) is 20.3. The van der Waals surface area contributed by atoms with Crippen LogP contribution in [-0.4, -0.2) is 68.4 Å². The van der Waals surface area contributed by atoms with E-state index in [4.69, 9.17) is 26.6 Å². The Morgan fingerprint density at radius 3 is 2.64 bits per heavy atom. The summed E-state index contributed by atoms with van der Waals surface area (Å²) >= 11 is 3.28. The summed E-state index contributed by atoms with van der Waals surface area (Å²) in [6, 6.07) is 5.49. The number of aliphatic hydroxyl groups is 1. The van der Waals surface area contributed by atoms with Gasteiger partial charge in [-0.3, -0.25) is 11.6 Å². The van der Waals surface area contributed by atoms with Gasteiger partial charge in [0.1, 0.15) is 23.5 Å². The third-order valence-corrected chi connectivity index (χ3v) is 5.24. The molecule has 1 atom stereocenters. The van der Waals surface area contributed by atoms with Crippen LogP contribution >= 0.6 is 15.9 Å². The van der Waals surface area contributed by atoms with Crippen molar-refractivity contribution in [3.8, 4) is 5.75 Å². The van der Waals surface area contributed by atoms with Crippen molar-refractivity contribution in [3.05, 3.63) is 90.8 Å². The molecule has 0 saturated carbocycles. The number of ether oxygens (including phenoxy) is 2. The average Bonchev–Trinajstić information content (AvgIpc) is 2.93. The molecule has 11 nitrogen and oxygen atoms in total. The molecule has 0 radical (unpaired) electrons. The van der Waals surface area contributed by atoms with Gasteiger partial charge in [-0.1, -0.05) is 32.6 Å². The minimum atomic E-state index is -0.635. The van der Waals surface area contributed by atoms with Gasteiger partial charge in [-0.05, 0) is 38.4 Å². The summed E-state index contributed by atoms with van der Waals surface area (Å²) in [4.78, 5) is 28.6. The number of anilines is 2. The van der Waals surface area contributed by atoms with Crippen LogP contribution in [0.25, 0.3) is 16.4 Å². The van der Waals surface area contributed by atoms with E-state index in [0.717, 1.165) is 6.08 Å². The standard InChI is InChI=1S/C19H10BrFN6O.C10H19NO3.2Li/c1-2-14(5-6-23-10-22)28-17-4-3-13(8-15(17)21)27-19-18-16(25-11-26-19)7-12(20)9-24-18;1-6-11(8(2)7-12)9(13)14-10(3,4)5;;/h1-5,7-8,10-11H,(H,25,26,27);8,12H,1-2,6-7H2,3-5H3;;/q-4;-2;2*+1/b14-5+;;;/t;8-;;/m.0../s1. The molecule has 3 rings (SSSR count). The predicted octanol–water partition coefficient (Wildman–Crippen LogP) is -0.472. The Hall–Kier alpha value is -3.04. The number of aliphatic imine (C=N–C) groups is 1. The van der Waals surface area contributed by atoms with Crippen LogP contribution < -0.4 is 47.8 Å². The van der Waals surface area contributed by atoms with Crippen LogP contribution in [0.4, 0.5) is 20.7 Å². The van der Waals surface area contributed by atoms with Gasteiger partial charge in [0.05, 0.1) is 0 Å². The van der Waals surface area contributed by atoms with Crippen molar-refractivity contribution in [2.24, 2.45) is 4.99 Å². The molecule has 2 heterocycles. The summed E-state index contributed by atoms with van der Waals surface area (Å²) in [5.41, 5.74) is 0.985. The summed E-state index contributed by atoms with van der Waals surface area (Å²) in [7, 11) is 0. The molecular weight excluding hydrogens is 623 g/mol. The zero-order chi connectivity index (χ0) is 31.3. The molecule has 2 N–H and O–H groups in total. The molecule has 224 valence electrons. The monoisotopic (exact) mass is 651 g/mol. The first-order valence-corrected chi connectivity index (χ1v) is 13.0. The summed E-state index contributed by atoms with van der Waals surface area (Å²) in [6.45, 7) is 18.0. The van der Waals surface area contributed by atoms with Crippen molar-refractivity contribution in [1.29, 1.82) is 0 Å². The molecule has 44 heavy (non-hydrogen) atoms. The van der Waals surface area contributed by atoms with Gasteiger partial charge >= 0.3 is 43.8 Å². The minimum absolute atomic E-state index is 0. The van der Waals surface area contributed by atoms with Gasteiger partial charge in [-0.2, -0.15) is 6.08 Å². The van der Waals surface area contributed by atoms with Crippen molar-refractivity contribution in [2.75, 3.05) is 18.5 Å². The zero-order valence-corrected chi connectivity index (χ0v) is 26.8. The van der Waals surface area contributed by atoms with Gasteiger partial charge in [-0.15, -0.1) is 18.7 Å². The van der Waals surface area contributed by atoms with Gasteiger partial charge in [0, 0.05) is 29.6 Å². The molecule has 0 unspecified atom stereocenters. The fraction of sp³-hybridized carbons (Fsp3) is 0.241. The van der Waals surface area contributed by atoms with E-state index in [-0.39, 0.29) is 62.4 Å². The Morgan fingerprint density at radius 1 is 1.36 bits per heavy atom. The Labute approximate surface area is 289 Å². The molecule has 0 spiro atoms. The molecule has 1 amide bonds. The number of aromatic nitrogens is 3. The van der Waals surface area contributed by atoms with E-state index < -0.39 is 23.6 Å². The fourth-order valence-corrected chi connectivity index (χ4v) is 3.28. The number of carbonyl (C=O) groups excluding carboxylic acids is 1. The number of carbonyl (C=O) groups is 1. The molecule has 1 aromatic carbocycles. The Morgan fingerprint density at radius 2 is 2.07 bits per heavy atom. The summed E-state index contributed by atoms with van der Waals surface area (Å²) in [6.07, 6.45) is 8.90. The van der Waals surface area contributed by atoms with Crippen LogP contribution in [0.3, 0.4) is 0 Å². The number of pyridine rings is 1. The normalized spacial score (nSPS) is 11.7. The molecular formula is C29H29BrFLi2N7O4-4. The molecule has 0 aliphatic heterocycles. The van der Waals surface area contributed by atoms with Gasteiger partial charge in [-0.25, -0.2) is 26.7 Å². The van der Waals surface area contributed by atoms with Crippen LogP contribution in [0, 0.1) is 32.4 Å². The van der Waals surface area contributed by atoms with Gasteiger partial charge in [0.2, 0.25) is 0 Å². The number of allylic oxidation sites excluding steroid dienone is 2. The molecule has 0 aliphatic carbocycles. The number of amides is 1. The number of rotatable bonds is 10. The Kier molecular flexibility index (Phi) is 18.7. The Bertz CT molecular complexity index is 1450. The van der Waals surface area contributed by atoms with E-state index in [1.54, 1.807) is 32.9 Å². The van der Waals surface area contributed by atoms with E-state index in [1.807, 2.05) is 0 Å². The van der Waals surface area contributed by atoms with E-state index in [0.29, 0.717) is 33.3 Å². The average molecular weight is 652 g/mol. The molecule has 15 heteroatoms. The first-order chi connectivity index (χ1) is 19.9. The fourth-order valence-electron chi connectivity index (χ4n) is 2.97. The summed E-state index contributed by atoms with van der Waals surface area (Å²) in [5.74, 6) is -0.193. The van der Waals surface area contributed by atoms with Crippen molar-refractivity contribution in [3.63, 3.8) is 0 Å². The predicted molar refractivity (Wildman–Crippen MR) is 163 cm³/mol. The summed E-state index contributed by atoms with van der Waals surface area (Å²) < 4.78 is 25.5. The molecule has 3 aromatic rings. The maximum atomic E-state index is 14.4. The van der Waals surface area contributed by atoms with Crippen LogP contribution in [0.2, 0.25) is 0 Å². The number of hydrogen-bond acceptors (Lipinski definition) is 8. The smallest absolute Gasteiger partial charge is 0.577 e. The molecule has 0 saturated heterocycles. The number of halogens is 2. The van der Waals surface area contributed by atoms with Crippen molar-refractivity contribution < 1.29 is 61.5 Å². The van der Waals surface area contributed by atoms with E-state index >= 15 is 0 Å². The van der Waals surface area contributed by atoms with Crippen molar-refractivity contribution in [2.45, 2.75) is 32.4 Å². The number of hydrogen-bond donors (Lipinski definition) is 2. The van der Waals surface area contributed by atoms with E-state index in [2.05, 4.69) is 67.4 Å². The third kappa shape index (κ3) is 13.3. The van der Waals surface area contributed by atoms with Crippen molar-refractivity contribution >= 4 is 57.1 Å². The first-order valence-electron chi connectivity index (χ1n) is 12.2.